The molecule has 1 saturated carbocycles. The Balaban J connectivity index is 2.12. The number of allylic oxidation sites excluding steroid dienone is 2. The fourth-order valence-corrected chi connectivity index (χ4v) is 5.28. The molecule has 0 radical (unpaired) electrons. The molecule has 1 fully saturated rings. The first-order valence-electron chi connectivity index (χ1n) is 14.2. The lowest BCUT2D eigenvalue weighted by atomic mass is 9.91. The summed E-state index contributed by atoms with van der Waals surface area (Å²) in [5, 5.41) is 49.5. The monoisotopic (exact) mass is 500 g/mol. The van der Waals surface area contributed by atoms with Crippen LogP contribution >= 0.6 is 0 Å². The van der Waals surface area contributed by atoms with Crippen LogP contribution in [0.15, 0.2) is 11.6 Å². The molecule has 0 aliphatic heterocycles. The highest BCUT2D eigenvalue weighted by Crippen LogP contribution is 2.34. The summed E-state index contributed by atoms with van der Waals surface area (Å²) in [4.78, 5) is 0. The maximum atomic E-state index is 10.2. The van der Waals surface area contributed by atoms with Crippen LogP contribution in [-0.2, 0) is 4.74 Å². The van der Waals surface area contributed by atoms with E-state index in [0.717, 1.165) is 37.0 Å². The van der Waals surface area contributed by atoms with E-state index in [1.807, 2.05) is 0 Å². The van der Waals surface area contributed by atoms with Crippen LogP contribution in [0, 0.1) is 29.6 Å². The van der Waals surface area contributed by atoms with Crippen molar-refractivity contribution in [3.63, 3.8) is 0 Å². The van der Waals surface area contributed by atoms with Crippen LogP contribution in [-0.4, -0.2) is 63.3 Å². The molecule has 208 valence electrons. The van der Waals surface area contributed by atoms with Gasteiger partial charge in [0.2, 0.25) is 0 Å². The molecular formula is C29H56O6. The number of hydrogen-bond donors (Lipinski definition) is 5. The Morgan fingerprint density at radius 3 is 1.91 bits per heavy atom. The third-order valence-corrected chi connectivity index (χ3v) is 7.83. The molecule has 5 N–H and O–H groups in total. The lowest BCUT2D eigenvalue weighted by Crippen LogP contribution is -2.38. The van der Waals surface area contributed by atoms with Crippen molar-refractivity contribution in [3.8, 4) is 0 Å². The molecule has 8 atom stereocenters. The standard InChI is InChI=1S/C29H56O6/c1-20(2)11-8-13-22(4)15-10-17-23(5)16-9-14-21(3)12-6-7-18-35-29(34)25-26(31)24(19-30)27(32)28(25)33/h12,20,22-34H,6-11,13-19H2,1-5H3/b21-12+. The van der Waals surface area contributed by atoms with Gasteiger partial charge in [-0.3, -0.25) is 0 Å². The quantitative estimate of drug-likeness (QED) is 0.0989. The second-order valence-corrected chi connectivity index (χ2v) is 11.7. The van der Waals surface area contributed by atoms with Crippen molar-refractivity contribution in [2.24, 2.45) is 29.6 Å². The van der Waals surface area contributed by atoms with E-state index in [-0.39, 0.29) is 0 Å². The van der Waals surface area contributed by atoms with Gasteiger partial charge in [0.05, 0.1) is 37.4 Å². The number of aliphatic hydroxyl groups is 5. The predicted octanol–water partition coefficient (Wildman–Crippen LogP) is 4.81. The molecule has 0 heterocycles. The maximum Gasteiger partial charge on any atom is 0.162 e. The Morgan fingerprint density at radius 1 is 0.800 bits per heavy atom. The summed E-state index contributed by atoms with van der Waals surface area (Å²) in [5.74, 6) is 0.572. The van der Waals surface area contributed by atoms with E-state index in [1.165, 1.54) is 56.9 Å². The van der Waals surface area contributed by atoms with E-state index < -0.39 is 43.0 Å². The van der Waals surface area contributed by atoms with Gasteiger partial charge in [0.25, 0.3) is 0 Å². The molecule has 1 rings (SSSR count). The van der Waals surface area contributed by atoms with Crippen LogP contribution < -0.4 is 0 Å². The zero-order valence-electron chi connectivity index (χ0n) is 23.1. The van der Waals surface area contributed by atoms with Crippen LogP contribution in [0.25, 0.3) is 0 Å². The van der Waals surface area contributed by atoms with E-state index in [2.05, 4.69) is 40.7 Å². The van der Waals surface area contributed by atoms with Crippen LogP contribution in [0.5, 0.6) is 0 Å². The Labute approximate surface area is 214 Å². The largest absolute Gasteiger partial charge is 0.396 e. The molecular weight excluding hydrogens is 444 g/mol. The zero-order chi connectivity index (χ0) is 26.4. The summed E-state index contributed by atoms with van der Waals surface area (Å²) in [6.07, 6.45) is 10.4. The van der Waals surface area contributed by atoms with E-state index >= 15 is 0 Å². The SMILES string of the molecule is C/C(=C\CCCOC(O)C1C(O)C(O)C(CO)C1O)CCCC(C)CCCC(C)CCCC(C)C. The predicted molar refractivity (Wildman–Crippen MR) is 142 cm³/mol. The number of rotatable bonds is 19. The second kappa shape index (κ2) is 17.9. The van der Waals surface area contributed by atoms with E-state index in [4.69, 9.17) is 4.74 Å². The Bertz CT molecular complexity index is 565. The minimum absolute atomic E-state index is 0.299. The summed E-state index contributed by atoms with van der Waals surface area (Å²) in [5.41, 5.74) is 1.38. The van der Waals surface area contributed by atoms with Gasteiger partial charge in [-0.25, -0.2) is 0 Å². The third kappa shape index (κ3) is 12.5. The summed E-state index contributed by atoms with van der Waals surface area (Å²) in [6.45, 7) is 11.4. The summed E-state index contributed by atoms with van der Waals surface area (Å²) in [6, 6.07) is 0. The van der Waals surface area contributed by atoms with Crippen molar-refractivity contribution in [2.45, 2.75) is 130 Å². The summed E-state index contributed by atoms with van der Waals surface area (Å²) < 4.78 is 5.40. The smallest absolute Gasteiger partial charge is 0.162 e. The molecule has 0 aromatic carbocycles. The highest BCUT2D eigenvalue weighted by molar-refractivity contribution is 4.99. The lowest BCUT2D eigenvalue weighted by molar-refractivity contribution is -0.176. The second-order valence-electron chi connectivity index (χ2n) is 11.7. The zero-order valence-corrected chi connectivity index (χ0v) is 23.1. The highest BCUT2D eigenvalue weighted by Gasteiger charge is 2.51. The fraction of sp³-hybridized carbons (Fsp3) is 0.931. The van der Waals surface area contributed by atoms with Gasteiger partial charge >= 0.3 is 0 Å². The van der Waals surface area contributed by atoms with Crippen molar-refractivity contribution in [1.29, 1.82) is 0 Å². The highest BCUT2D eigenvalue weighted by atomic mass is 16.6. The molecule has 35 heavy (non-hydrogen) atoms. The van der Waals surface area contributed by atoms with Gasteiger partial charge in [-0.05, 0) is 50.4 Å². The molecule has 6 heteroatoms. The van der Waals surface area contributed by atoms with Gasteiger partial charge in [0, 0.05) is 5.92 Å². The van der Waals surface area contributed by atoms with Gasteiger partial charge in [0.1, 0.15) is 0 Å². The molecule has 0 amide bonds. The molecule has 0 spiro atoms. The molecule has 8 unspecified atom stereocenters. The Morgan fingerprint density at radius 2 is 1.37 bits per heavy atom. The van der Waals surface area contributed by atoms with Crippen LogP contribution in [0.4, 0.5) is 0 Å². The minimum Gasteiger partial charge on any atom is -0.396 e. The number of aliphatic hydroxyl groups excluding tert-OH is 5. The average Bonchev–Trinajstić information content (AvgIpc) is 3.00. The molecule has 0 aromatic rings. The third-order valence-electron chi connectivity index (χ3n) is 7.83. The van der Waals surface area contributed by atoms with Crippen molar-refractivity contribution >= 4 is 0 Å². The van der Waals surface area contributed by atoms with E-state index in [9.17, 15) is 25.5 Å². The molecule has 0 aromatic heterocycles. The molecule has 1 aliphatic rings. The normalized spacial score (nSPS) is 28.0. The van der Waals surface area contributed by atoms with E-state index in [0.29, 0.717) is 6.61 Å². The van der Waals surface area contributed by atoms with Gasteiger partial charge < -0.3 is 30.3 Å². The maximum absolute atomic E-state index is 10.2. The van der Waals surface area contributed by atoms with Crippen LogP contribution in [0.3, 0.4) is 0 Å². The molecule has 0 bridgehead atoms. The number of unbranched alkanes of at least 4 members (excludes halogenated alkanes) is 1. The first-order valence-corrected chi connectivity index (χ1v) is 14.2. The Hall–Kier alpha value is -0.500. The van der Waals surface area contributed by atoms with Crippen molar-refractivity contribution in [1.82, 2.24) is 0 Å². The average molecular weight is 501 g/mol. The van der Waals surface area contributed by atoms with Gasteiger partial charge in [-0.2, -0.15) is 0 Å². The summed E-state index contributed by atoms with van der Waals surface area (Å²) in [7, 11) is 0. The van der Waals surface area contributed by atoms with E-state index in [1.54, 1.807) is 0 Å². The van der Waals surface area contributed by atoms with Gasteiger partial charge in [-0.1, -0.05) is 84.3 Å². The Kier molecular flexibility index (Phi) is 16.6. The topological polar surface area (TPSA) is 110 Å². The number of hydrogen-bond acceptors (Lipinski definition) is 6. The van der Waals surface area contributed by atoms with Gasteiger partial charge in [-0.15, -0.1) is 0 Å². The van der Waals surface area contributed by atoms with Gasteiger partial charge in [0.15, 0.2) is 6.29 Å². The number of ether oxygens (including phenoxy) is 1. The van der Waals surface area contributed by atoms with Crippen molar-refractivity contribution in [3.05, 3.63) is 11.6 Å². The molecule has 6 nitrogen and oxygen atoms in total. The van der Waals surface area contributed by atoms with Crippen LogP contribution in [0.1, 0.15) is 105 Å². The first kappa shape index (κ1) is 32.5. The minimum atomic E-state index is -1.37. The lowest BCUT2D eigenvalue weighted by Gasteiger charge is -2.24. The molecule has 1 aliphatic carbocycles. The molecule has 0 saturated heterocycles. The van der Waals surface area contributed by atoms with Crippen molar-refractivity contribution in [2.75, 3.05) is 13.2 Å². The van der Waals surface area contributed by atoms with Crippen molar-refractivity contribution < 1.29 is 30.3 Å². The fourth-order valence-electron chi connectivity index (χ4n) is 5.28. The first-order chi connectivity index (χ1) is 16.6. The summed E-state index contributed by atoms with van der Waals surface area (Å²) >= 11 is 0. The van der Waals surface area contributed by atoms with Crippen LogP contribution in [0.2, 0.25) is 0 Å².